The molecule has 0 radical (unpaired) electrons. The Morgan fingerprint density at radius 3 is 2.83 bits per heavy atom. The fourth-order valence-electron chi connectivity index (χ4n) is 1.76. The summed E-state index contributed by atoms with van der Waals surface area (Å²) < 4.78 is 0. The summed E-state index contributed by atoms with van der Waals surface area (Å²) in [5.41, 5.74) is 7.01. The lowest BCUT2D eigenvalue weighted by Gasteiger charge is -2.06. The van der Waals surface area contributed by atoms with E-state index in [0.717, 1.165) is 22.6 Å². The minimum Gasteiger partial charge on any atom is -0.368 e. The summed E-state index contributed by atoms with van der Waals surface area (Å²) in [6, 6.07) is 4.14. The van der Waals surface area contributed by atoms with Crippen LogP contribution in [0.3, 0.4) is 0 Å². The second-order valence-electron chi connectivity index (χ2n) is 3.95. The smallest absolute Gasteiger partial charge is 0.223 e. The number of anilines is 2. The normalized spacial score (nSPS) is 10.9. The van der Waals surface area contributed by atoms with E-state index in [9.17, 15) is 0 Å². The van der Waals surface area contributed by atoms with Crippen molar-refractivity contribution in [2.24, 2.45) is 0 Å². The molecule has 0 atom stereocenters. The summed E-state index contributed by atoms with van der Waals surface area (Å²) >= 11 is 3.32. The molecule has 0 spiro atoms. The molecule has 0 aromatic carbocycles. The molecule has 92 valence electrons. The van der Waals surface area contributed by atoms with Gasteiger partial charge in [0, 0.05) is 4.88 Å². The number of nitrogens with zero attached hydrogens (tertiary/aromatic N) is 2. The van der Waals surface area contributed by atoms with Crippen LogP contribution in [-0.4, -0.2) is 9.97 Å². The minimum atomic E-state index is 0.315. The van der Waals surface area contributed by atoms with E-state index in [2.05, 4.69) is 33.7 Å². The predicted molar refractivity (Wildman–Crippen MR) is 78.2 cm³/mol. The van der Waals surface area contributed by atoms with Gasteiger partial charge in [0.15, 0.2) is 0 Å². The molecular formula is C12H12N4S2. The van der Waals surface area contributed by atoms with Crippen molar-refractivity contribution in [2.75, 3.05) is 11.1 Å². The van der Waals surface area contributed by atoms with Crippen molar-refractivity contribution in [3.05, 3.63) is 33.3 Å². The monoisotopic (exact) mass is 276 g/mol. The number of fused-ring (bicyclic) bond motifs is 1. The van der Waals surface area contributed by atoms with Gasteiger partial charge in [-0.25, -0.2) is 4.98 Å². The van der Waals surface area contributed by atoms with Gasteiger partial charge in [-0.2, -0.15) is 4.98 Å². The molecule has 0 aliphatic heterocycles. The summed E-state index contributed by atoms with van der Waals surface area (Å²) in [7, 11) is 0. The van der Waals surface area contributed by atoms with Crippen LogP contribution in [0.15, 0.2) is 22.9 Å². The lowest BCUT2D eigenvalue weighted by atomic mass is 10.3. The molecule has 3 heterocycles. The Morgan fingerprint density at radius 1 is 1.22 bits per heavy atom. The highest BCUT2D eigenvalue weighted by molar-refractivity contribution is 7.16. The number of aromatic nitrogens is 2. The number of nitrogens with one attached hydrogen (secondary N) is 1. The van der Waals surface area contributed by atoms with E-state index in [0.29, 0.717) is 5.95 Å². The standard InChI is InChI=1S/C12H12N4S2/c1-7-2-4-17-9(7)6-14-10-8-3-5-18-11(8)16-12(13)15-10/h2-5H,6H2,1H3,(H3,13,14,15,16). The summed E-state index contributed by atoms with van der Waals surface area (Å²) in [5.74, 6) is 1.13. The summed E-state index contributed by atoms with van der Waals surface area (Å²) in [6.07, 6.45) is 0. The van der Waals surface area contributed by atoms with Crippen LogP contribution in [0, 0.1) is 6.92 Å². The summed E-state index contributed by atoms with van der Waals surface area (Å²) in [4.78, 5) is 10.7. The molecular weight excluding hydrogens is 264 g/mol. The van der Waals surface area contributed by atoms with Crippen LogP contribution < -0.4 is 11.1 Å². The van der Waals surface area contributed by atoms with Crippen LogP contribution in [0.2, 0.25) is 0 Å². The zero-order valence-electron chi connectivity index (χ0n) is 9.80. The van der Waals surface area contributed by atoms with Gasteiger partial charge < -0.3 is 11.1 Å². The minimum absolute atomic E-state index is 0.315. The maximum Gasteiger partial charge on any atom is 0.223 e. The largest absolute Gasteiger partial charge is 0.368 e. The van der Waals surface area contributed by atoms with Gasteiger partial charge in [0.25, 0.3) is 0 Å². The quantitative estimate of drug-likeness (QED) is 0.770. The van der Waals surface area contributed by atoms with Gasteiger partial charge in [-0.15, -0.1) is 22.7 Å². The molecule has 0 unspecified atom stereocenters. The highest BCUT2D eigenvalue weighted by Crippen LogP contribution is 2.26. The third-order valence-electron chi connectivity index (χ3n) is 2.73. The van der Waals surface area contributed by atoms with Gasteiger partial charge in [0.05, 0.1) is 11.9 Å². The molecule has 3 aromatic rings. The van der Waals surface area contributed by atoms with Gasteiger partial charge in [-0.3, -0.25) is 0 Å². The Kier molecular flexibility index (Phi) is 2.89. The average molecular weight is 276 g/mol. The van der Waals surface area contributed by atoms with Crippen molar-refractivity contribution < 1.29 is 0 Å². The first-order chi connectivity index (χ1) is 8.74. The molecule has 6 heteroatoms. The molecule has 0 aliphatic carbocycles. The molecule has 3 aromatic heterocycles. The summed E-state index contributed by atoms with van der Waals surface area (Å²) in [6.45, 7) is 2.88. The number of hydrogen-bond acceptors (Lipinski definition) is 6. The maximum absolute atomic E-state index is 5.71. The zero-order chi connectivity index (χ0) is 12.5. The predicted octanol–water partition coefficient (Wildman–Crippen LogP) is 3.26. The molecule has 0 saturated heterocycles. The van der Waals surface area contributed by atoms with Gasteiger partial charge in [0.1, 0.15) is 10.6 Å². The molecule has 18 heavy (non-hydrogen) atoms. The lowest BCUT2D eigenvalue weighted by Crippen LogP contribution is -2.04. The molecule has 3 rings (SSSR count). The van der Waals surface area contributed by atoms with E-state index in [4.69, 9.17) is 5.73 Å². The van der Waals surface area contributed by atoms with Crippen molar-refractivity contribution in [1.29, 1.82) is 0 Å². The Hall–Kier alpha value is -1.66. The van der Waals surface area contributed by atoms with Gasteiger partial charge in [0.2, 0.25) is 5.95 Å². The topological polar surface area (TPSA) is 63.8 Å². The van der Waals surface area contributed by atoms with Crippen LogP contribution in [0.4, 0.5) is 11.8 Å². The first-order valence-corrected chi connectivity index (χ1v) is 7.27. The second-order valence-corrected chi connectivity index (χ2v) is 5.85. The highest BCUT2D eigenvalue weighted by atomic mass is 32.1. The Balaban J connectivity index is 1.90. The SMILES string of the molecule is Cc1ccsc1CNc1nc(N)nc2sccc12. The number of nitrogen functional groups attached to an aromatic ring is 1. The molecule has 0 saturated carbocycles. The van der Waals surface area contributed by atoms with Crippen molar-refractivity contribution in [3.8, 4) is 0 Å². The van der Waals surface area contributed by atoms with Crippen LogP contribution in [0.5, 0.6) is 0 Å². The molecule has 3 N–H and O–H groups in total. The van der Waals surface area contributed by atoms with Crippen LogP contribution in [0.25, 0.3) is 10.2 Å². The maximum atomic E-state index is 5.71. The second kappa shape index (κ2) is 4.55. The van der Waals surface area contributed by atoms with Crippen molar-refractivity contribution in [2.45, 2.75) is 13.5 Å². The lowest BCUT2D eigenvalue weighted by molar-refractivity contribution is 1.12. The van der Waals surface area contributed by atoms with Gasteiger partial charge >= 0.3 is 0 Å². The van der Waals surface area contributed by atoms with Crippen LogP contribution >= 0.6 is 22.7 Å². The van der Waals surface area contributed by atoms with Crippen molar-refractivity contribution in [3.63, 3.8) is 0 Å². The number of nitrogens with two attached hydrogens (primary N) is 1. The van der Waals surface area contributed by atoms with Crippen molar-refractivity contribution >= 4 is 44.7 Å². The average Bonchev–Trinajstić information content (AvgIpc) is 2.94. The number of hydrogen-bond donors (Lipinski definition) is 2. The first-order valence-electron chi connectivity index (χ1n) is 5.51. The molecule has 0 fully saturated rings. The number of aryl methyl sites for hydroxylation is 1. The third-order valence-corrected chi connectivity index (χ3v) is 4.56. The van der Waals surface area contributed by atoms with E-state index in [1.165, 1.54) is 10.4 Å². The van der Waals surface area contributed by atoms with E-state index in [1.807, 2.05) is 11.4 Å². The molecule has 0 amide bonds. The van der Waals surface area contributed by atoms with E-state index < -0.39 is 0 Å². The van der Waals surface area contributed by atoms with Gasteiger partial charge in [-0.05, 0) is 35.4 Å². The Bertz CT molecular complexity index is 686. The van der Waals surface area contributed by atoms with Crippen LogP contribution in [-0.2, 0) is 6.54 Å². The highest BCUT2D eigenvalue weighted by Gasteiger charge is 2.08. The van der Waals surface area contributed by atoms with E-state index in [1.54, 1.807) is 22.7 Å². The zero-order valence-corrected chi connectivity index (χ0v) is 11.4. The summed E-state index contributed by atoms with van der Waals surface area (Å²) in [5, 5.41) is 8.47. The Morgan fingerprint density at radius 2 is 2.06 bits per heavy atom. The fraction of sp³-hybridized carbons (Fsp3) is 0.167. The van der Waals surface area contributed by atoms with E-state index >= 15 is 0 Å². The number of rotatable bonds is 3. The van der Waals surface area contributed by atoms with E-state index in [-0.39, 0.29) is 0 Å². The first kappa shape index (κ1) is 11.4. The van der Waals surface area contributed by atoms with Crippen LogP contribution in [0.1, 0.15) is 10.4 Å². The molecule has 0 bridgehead atoms. The molecule has 4 nitrogen and oxygen atoms in total. The third kappa shape index (κ3) is 2.04. The number of thiophene rings is 2. The van der Waals surface area contributed by atoms with Crippen molar-refractivity contribution in [1.82, 2.24) is 9.97 Å². The van der Waals surface area contributed by atoms with Gasteiger partial charge in [-0.1, -0.05) is 0 Å². The molecule has 0 aliphatic rings. The fourth-order valence-corrected chi connectivity index (χ4v) is 3.37. The Labute approximate surface area is 113 Å².